The Hall–Kier alpha value is -1.89. The smallest absolute Gasteiger partial charge is 0.127 e. The summed E-state index contributed by atoms with van der Waals surface area (Å²) in [6.45, 7) is 0. The second kappa shape index (κ2) is 3.01. The minimum atomic E-state index is -0.269. The quantitative estimate of drug-likeness (QED) is 0.576. The first-order valence-corrected chi connectivity index (χ1v) is 3.26. The zero-order valence-electron chi connectivity index (χ0n) is 6.15. The minimum Gasteiger partial charge on any atom is -0.508 e. The van der Waals surface area contributed by atoms with Crippen LogP contribution in [-0.2, 0) is 6.42 Å². The number of aromatic hydroxyl groups is 3. The van der Waals surface area contributed by atoms with Gasteiger partial charge >= 0.3 is 0 Å². The van der Waals surface area contributed by atoms with Gasteiger partial charge < -0.3 is 15.3 Å². The molecule has 3 N–H and O–H groups in total. The van der Waals surface area contributed by atoms with E-state index in [-0.39, 0.29) is 29.2 Å². The van der Waals surface area contributed by atoms with Crippen LogP contribution in [0.3, 0.4) is 0 Å². The largest absolute Gasteiger partial charge is 0.508 e. The average molecular weight is 165 g/mol. The van der Waals surface area contributed by atoms with Crippen LogP contribution in [0.1, 0.15) is 5.56 Å². The Morgan fingerprint density at radius 1 is 1.17 bits per heavy atom. The summed E-state index contributed by atoms with van der Waals surface area (Å²) in [5, 5.41) is 35.5. The molecule has 0 heterocycles. The van der Waals surface area contributed by atoms with Crippen LogP contribution in [0, 0.1) is 11.3 Å². The Kier molecular flexibility index (Phi) is 2.06. The van der Waals surface area contributed by atoms with Gasteiger partial charge in [0, 0.05) is 17.7 Å². The van der Waals surface area contributed by atoms with Crippen molar-refractivity contribution in [2.24, 2.45) is 0 Å². The Morgan fingerprint density at radius 3 is 2.08 bits per heavy atom. The summed E-state index contributed by atoms with van der Waals surface area (Å²) < 4.78 is 0. The van der Waals surface area contributed by atoms with Gasteiger partial charge in [-0.15, -0.1) is 0 Å². The number of phenolic OH excluding ortho intramolecular Hbond substituents is 3. The van der Waals surface area contributed by atoms with Gasteiger partial charge in [0.2, 0.25) is 0 Å². The van der Waals surface area contributed by atoms with Gasteiger partial charge in [0.25, 0.3) is 0 Å². The molecule has 0 saturated carbocycles. The van der Waals surface area contributed by atoms with Crippen molar-refractivity contribution in [3.05, 3.63) is 17.7 Å². The highest BCUT2D eigenvalue weighted by Gasteiger charge is 2.08. The van der Waals surface area contributed by atoms with Crippen LogP contribution in [0.4, 0.5) is 0 Å². The standard InChI is InChI=1S/C8H7NO3/c9-2-1-6-7(11)3-5(10)4-8(6)12/h3-4,10-12H,1H2. The number of benzene rings is 1. The molecule has 1 aromatic rings. The summed E-state index contributed by atoms with van der Waals surface area (Å²) in [7, 11) is 0. The fourth-order valence-corrected chi connectivity index (χ4v) is 0.887. The van der Waals surface area contributed by atoms with Gasteiger partial charge in [0.05, 0.1) is 12.5 Å². The number of hydrogen-bond donors (Lipinski definition) is 3. The summed E-state index contributed by atoms with van der Waals surface area (Å²) in [4.78, 5) is 0. The van der Waals surface area contributed by atoms with E-state index in [1.807, 2.05) is 0 Å². The van der Waals surface area contributed by atoms with Crippen molar-refractivity contribution in [2.45, 2.75) is 6.42 Å². The molecule has 0 spiro atoms. The molecule has 0 fully saturated rings. The van der Waals surface area contributed by atoms with Crippen molar-refractivity contribution in [2.75, 3.05) is 0 Å². The highest BCUT2D eigenvalue weighted by atomic mass is 16.3. The van der Waals surface area contributed by atoms with Crippen molar-refractivity contribution in [1.29, 1.82) is 5.26 Å². The van der Waals surface area contributed by atoms with Gasteiger partial charge in [-0.2, -0.15) is 5.26 Å². The summed E-state index contributed by atoms with van der Waals surface area (Å²) in [6.07, 6.45) is -0.0854. The highest BCUT2D eigenvalue weighted by Crippen LogP contribution is 2.31. The molecule has 0 aliphatic heterocycles. The maximum atomic E-state index is 9.13. The zero-order valence-corrected chi connectivity index (χ0v) is 6.15. The van der Waals surface area contributed by atoms with Gasteiger partial charge in [-0.25, -0.2) is 0 Å². The number of nitrogens with zero attached hydrogens (tertiary/aromatic N) is 1. The third-order valence-corrected chi connectivity index (χ3v) is 1.44. The number of phenols is 3. The van der Waals surface area contributed by atoms with Crippen molar-refractivity contribution >= 4 is 0 Å². The van der Waals surface area contributed by atoms with Crippen molar-refractivity contribution in [3.8, 4) is 23.3 Å². The zero-order chi connectivity index (χ0) is 9.14. The number of hydrogen-bond acceptors (Lipinski definition) is 4. The molecule has 62 valence electrons. The van der Waals surface area contributed by atoms with Crippen LogP contribution in [-0.4, -0.2) is 15.3 Å². The molecule has 0 saturated heterocycles. The molecule has 4 heteroatoms. The second-order valence-corrected chi connectivity index (χ2v) is 2.30. The molecule has 0 aromatic heterocycles. The Bertz CT molecular complexity index is 318. The maximum absolute atomic E-state index is 9.13. The topological polar surface area (TPSA) is 84.5 Å². The molecule has 1 aromatic carbocycles. The van der Waals surface area contributed by atoms with E-state index in [2.05, 4.69) is 0 Å². The third-order valence-electron chi connectivity index (χ3n) is 1.44. The van der Waals surface area contributed by atoms with Crippen LogP contribution in [0.2, 0.25) is 0 Å². The lowest BCUT2D eigenvalue weighted by Crippen LogP contribution is -1.83. The lowest BCUT2D eigenvalue weighted by Gasteiger charge is -2.03. The molecule has 0 aliphatic carbocycles. The number of nitriles is 1. The SMILES string of the molecule is N#CCc1c(O)cc(O)cc1O. The van der Waals surface area contributed by atoms with Gasteiger partial charge in [-0.1, -0.05) is 0 Å². The molecule has 1 rings (SSSR count). The molecule has 12 heavy (non-hydrogen) atoms. The summed E-state index contributed by atoms with van der Waals surface area (Å²) in [5.74, 6) is -0.769. The van der Waals surface area contributed by atoms with E-state index in [0.717, 1.165) is 12.1 Å². The third kappa shape index (κ3) is 1.40. The molecular formula is C8H7NO3. The highest BCUT2D eigenvalue weighted by molar-refractivity contribution is 5.49. The van der Waals surface area contributed by atoms with Gasteiger partial charge in [0.1, 0.15) is 17.2 Å². The first-order chi connectivity index (χ1) is 5.65. The van der Waals surface area contributed by atoms with Crippen LogP contribution < -0.4 is 0 Å². The Morgan fingerprint density at radius 2 is 1.67 bits per heavy atom. The molecule has 0 bridgehead atoms. The van der Waals surface area contributed by atoms with Crippen molar-refractivity contribution < 1.29 is 15.3 Å². The first kappa shape index (κ1) is 8.21. The summed E-state index contributed by atoms with van der Waals surface area (Å²) in [6, 6.07) is 3.94. The molecule has 0 amide bonds. The fourth-order valence-electron chi connectivity index (χ4n) is 0.887. The van der Waals surface area contributed by atoms with Crippen LogP contribution >= 0.6 is 0 Å². The molecule has 0 atom stereocenters. The van der Waals surface area contributed by atoms with E-state index in [1.165, 1.54) is 0 Å². The summed E-state index contributed by atoms with van der Waals surface area (Å²) >= 11 is 0. The second-order valence-electron chi connectivity index (χ2n) is 2.30. The average Bonchev–Trinajstić information content (AvgIpc) is 1.96. The van der Waals surface area contributed by atoms with Gasteiger partial charge in [-0.3, -0.25) is 0 Å². The van der Waals surface area contributed by atoms with Crippen LogP contribution in [0.25, 0.3) is 0 Å². The van der Waals surface area contributed by atoms with E-state index < -0.39 is 0 Å². The summed E-state index contributed by atoms with van der Waals surface area (Å²) in [5.41, 5.74) is 0.135. The molecule has 0 unspecified atom stereocenters. The van der Waals surface area contributed by atoms with Crippen molar-refractivity contribution in [3.63, 3.8) is 0 Å². The van der Waals surface area contributed by atoms with E-state index >= 15 is 0 Å². The molecule has 0 aliphatic rings. The number of rotatable bonds is 1. The lowest BCUT2D eigenvalue weighted by molar-refractivity contribution is 0.421. The van der Waals surface area contributed by atoms with E-state index in [0.29, 0.717) is 0 Å². The van der Waals surface area contributed by atoms with Crippen molar-refractivity contribution in [1.82, 2.24) is 0 Å². The Balaban J connectivity index is 3.21. The van der Waals surface area contributed by atoms with Gasteiger partial charge in [-0.05, 0) is 0 Å². The molecule has 0 radical (unpaired) electrons. The van der Waals surface area contributed by atoms with E-state index in [1.54, 1.807) is 6.07 Å². The normalized spacial score (nSPS) is 9.25. The monoisotopic (exact) mass is 165 g/mol. The maximum Gasteiger partial charge on any atom is 0.127 e. The Labute approximate surface area is 68.9 Å². The lowest BCUT2D eigenvalue weighted by atomic mass is 10.1. The van der Waals surface area contributed by atoms with Gasteiger partial charge in [0.15, 0.2) is 0 Å². The van der Waals surface area contributed by atoms with E-state index in [4.69, 9.17) is 20.6 Å². The first-order valence-electron chi connectivity index (χ1n) is 3.26. The minimum absolute atomic E-state index is 0.0854. The van der Waals surface area contributed by atoms with Crippen LogP contribution in [0.15, 0.2) is 12.1 Å². The van der Waals surface area contributed by atoms with Crippen LogP contribution in [0.5, 0.6) is 17.2 Å². The predicted molar refractivity (Wildman–Crippen MR) is 40.8 cm³/mol. The molecule has 4 nitrogen and oxygen atoms in total. The predicted octanol–water partition coefficient (Wildman–Crippen LogP) is 0.869. The fraction of sp³-hybridized carbons (Fsp3) is 0.125. The van der Waals surface area contributed by atoms with E-state index in [9.17, 15) is 0 Å². The molecular weight excluding hydrogens is 158 g/mol.